The Morgan fingerprint density at radius 1 is 0.935 bits per heavy atom. The molecule has 0 unspecified atom stereocenters. The molecule has 0 bridgehead atoms. The first kappa shape index (κ1) is 29.3. The maximum atomic E-state index is 14.1. The number of hydrogen-bond donors (Lipinski definition) is 0. The van der Waals surface area contributed by atoms with Gasteiger partial charge in [-0.1, -0.05) is 11.6 Å². The molecule has 9 rings (SSSR count). The predicted octanol–water partition coefficient (Wildman–Crippen LogP) is 4.52. The smallest absolute Gasteiger partial charge is 0.330 e. The van der Waals surface area contributed by atoms with E-state index in [2.05, 4.69) is 4.90 Å². The molecule has 2 spiro atoms. The average molecular weight is 635 g/mol. The van der Waals surface area contributed by atoms with Crippen molar-refractivity contribution in [2.45, 2.75) is 120 Å². The van der Waals surface area contributed by atoms with Crippen LogP contribution in [0.2, 0.25) is 0 Å². The fourth-order valence-electron chi connectivity index (χ4n) is 10.0. The topological polar surface area (TPSA) is 119 Å². The number of nitrogens with zero attached hydrogens (tertiary/aromatic N) is 6. The molecule has 4 aliphatic heterocycles. The van der Waals surface area contributed by atoms with Gasteiger partial charge in [-0.15, -0.1) is 0 Å². The summed E-state index contributed by atoms with van der Waals surface area (Å²) < 4.78 is 35.4. The Morgan fingerprint density at radius 2 is 1.74 bits per heavy atom. The predicted molar refractivity (Wildman–Crippen MR) is 168 cm³/mol. The maximum absolute atomic E-state index is 14.1. The number of ether oxygens (including phenoxy) is 4. The van der Waals surface area contributed by atoms with Crippen molar-refractivity contribution in [1.29, 1.82) is 0 Å². The molecule has 0 amide bonds. The van der Waals surface area contributed by atoms with E-state index >= 15 is 0 Å². The van der Waals surface area contributed by atoms with Crippen LogP contribution < -0.4 is 10.4 Å². The summed E-state index contributed by atoms with van der Waals surface area (Å²) in [6.07, 6.45) is 13.2. The van der Waals surface area contributed by atoms with Gasteiger partial charge in [-0.2, -0.15) is 4.98 Å². The highest BCUT2D eigenvalue weighted by Crippen LogP contribution is 2.57. The molecule has 7 heterocycles. The molecule has 6 aliphatic rings. The third-order valence-corrected chi connectivity index (χ3v) is 12.2. The summed E-state index contributed by atoms with van der Waals surface area (Å²) >= 11 is 0. The lowest BCUT2D eigenvalue weighted by molar-refractivity contribution is -0.231. The summed E-state index contributed by atoms with van der Waals surface area (Å²) in [5, 5.41) is 4.79. The van der Waals surface area contributed by atoms with Crippen molar-refractivity contribution in [1.82, 2.24) is 29.2 Å². The Morgan fingerprint density at radius 3 is 2.52 bits per heavy atom. The first-order valence-electron chi connectivity index (χ1n) is 17.8. The van der Waals surface area contributed by atoms with E-state index in [1.54, 1.807) is 4.57 Å². The summed E-state index contributed by atoms with van der Waals surface area (Å²) in [5.74, 6) is 0.803. The SMILES string of the molecule is CCn1c(=O)n([C@@H]2CCCOC2)c2nc(-c3onc4c3CCC[C@@]43CCCCC34OCCO4)nc(OCC34CCCN3CCC4)c21. The standard InChI is InChI=1S/C34H46N6O6/c1-2-39-25-29(40(31(39)41)23-9-6-18-42-21-23)35-28(36-30(25)43-22-32-11-7-16-38(32)17-8-12-32)26-24-10-5-14-33(27(24)37-46-26)13-3-4-15-34(33)44-19-20-45-34/h23H,2-22H2,1H3/t23-,33+/m1/s1. The monoisotopic (exact) mass is 634 g/mol. The second kappa shape index (κ2) is 11.1. The molecule has 12 heteroatoms. The molecule has 0 N–H and O–H groups in total. The lowest BCUT2D eigenvalue weighted by atomic mass is 9.61. The minimum atomic E-state index is -0.652. The fraction of sp³-hybridized carbons (Fsp3) is 0.765. The number of hydrogen-bond acceptors (Lipinski definition) is 10. The van der Waals surface area contributed by atoms with Crippen molar-refractivity contribution in [3.05, 3.63) is 21.7 Å². The second-order valence-electron chi connectivity index (χ2n) is 14.4. The van der Waals surface area contributed by atoms with Gasteiger partial charge in [-0.3, -0.25) is 14.0 Å². The number of rotatable bonds is 6. The van der Waals surface area contributed by atoms with E-state index in [9.17, 15) is 4.79 Å². The van der Waals surface area contributed by atoms with Gasteiger partial charge >= 0.3 is 5.69 Å². The van der Waals surface area contributed by atoms with E-state index in [1.165, 1.54) is 12.8 Å². The van der Waals surface area contributed by atoms with Crippen molar-refractivity contribution >= 4 is 11.2 Å². The van der Waals surface area contributed by atoms with Gasteiger partial charge in [0.05, 0.1) is 42.5 Å². The second-order valence-corrected chi connectivity index (χ2v) is 14.4. The summed E-state index contributed by atoms with van der Waals surface area (Å²) in [6.45, 7) is 7.69. The van der Waals surface area contributed by atoms with E-state index < -0.39 is 5.79 Å². The Bertz CT molecular complexity index is 1670. The van der Waals surface area contributed by atoms with Crippen LogP contribution in [0.1, 0.15) is 101 Å². The summed E-state index contributed by atoms with van der Waals surface area (Å²) in [6, 6.07) is -0.100. The van der Waals surface area contributed by atoms with Gasteiger partial charge in [0.25, 0.3) is 0 Å². The zero-order valence-corrected chi connectivity index (χ0v) is 27.1. The molecular weight excluding hydrogens is 588 g/mol. The zero-order valence-electron chi connectivity index (χ0n) is 27.1. The van der Waals surface area contributed by atoms with Crippen LogP contribution in [0.15, 0.2) is 9.32 Å². The van der Waals surface area contributed by atoms with Crippen LogP contribution in [0.3, 0.4) is 0 Å². The molecular formula is C34H46N6O6. The Labute approximate surface area is 268 Å². The third-order valence-electron chi connectivity index (χ3n) is 12.2. The van der Waals surface area contributed by atoms with Crippen LogP contribution in [0.4, 0.5) is 0 Å². The van der Waals surface area contributed by atoms with Crippen LogP contribution in [0.25, 0.3) is 22.7 Å². The Hall–Kier alpha value is -2.80. The number of aryl methyl sites for hydroxylation is 1. The molecule has 0 radical (unpaired) electrons. The highest BCUT2D eigenvalue weighted by Gasteiger charge is 2.61. The molecule has 4 saturated heterocycles. The molecule has 3 aromatic rings. The minimum absolute atomic E-state index is 0.0307. The first-order valence-corrected chi connectivity index (χ1v) is 17.8. The van der Waals surface area contributed by atoms with E-state index in [0.29, 0.717) is 68.2 Å². The van der Waals surface area contributed by atoms with Crippen LogP contribution in [0.5, 0.6) is 5.88 Å². The number of fused-ring (bicyclic) bond motifs is 5. The van der Waals surface area contributed by atoms with Gasteiger partial charge in [0, 0.05) is 25.1 Å². The van der Waals surface area contributed by atoms with Gasteiger partial charge in [-0.25, -0.2) is 9.78 Å². The van der Waals surface area contributed by atoms with Gasteiger partial charge in [-0.05, 0) is 90.6 Å². The van der Waals surface area contributed by atoms with E-state index in [4.69, 9.17) is 38.6 Å². The van der Waals surface area contributed by atoms with Crippen molar-refractivity contribution < 1.29 is 23.5 Å². The molecule has 5 fully saturated rings. The summed E-state index contributed by atoms with van der Waals surface area (Å²) in [5.41, 5.74) is 2.81. The van der Waals surface area contributed by atoms with E-state index in [1.807, 2.05) is 11.5 Å². The molecule has 2 atom stereocenters. The van der Waals surface area contributed by atoms with E-state index in [-0.39, 0.29) is 22.7 Å². The highest BCUT2D eigenvalue weighted by molar-refractivity contribution is 5.80. The molecule has 2 aliphatic carbocycles. The van der Waals surface area contributed by atoms with Crippen molar-refractivity contribution in [2.75, 3.05) is 46.1 Å². The van der Waals surface area contributed by atoms with Crippen molar-refractivity contribution in [3.8, 4) is 17.5 Å². The molecule has 1 saturated carbocycles. The number of imidazole rings is 1. The first-order chi connectivity index (χ1) is 22.6. The van der Waals surface area contributed by atoms with Crippen molar-refractivity contribution in [2.24, 2.45) is 0 Å². The fourth-order valence-corrected chi connectivity index (χ4v) is 10.0. The van der Waals surface area contributed by atoms with Crippen LogP contribution in [0, 0.1) is 0 Å². The molecule has 12 nitrogen and oxygen atoms in total. The van der Waals surface area contributed by atoms with E-state index in [0.717, 1.165) is 95.0 Å². The quantitative estimate of drug-likeness (QED) is 0.383. The average Bonchev–Trinajstić information content (AvgIpc) is 3.90. The van der Waals surface area contributed by atoms with Crippen molar-refractivity contribution in [3.63, 3.8) is 0 Å². The van der Waals surface area contributed by atoms with Crippen LogP contribution in [-0.4, -0.2) is 86.6 Å². The Kier molecular flexibility index (Phi) is 7.11. The van der Waals surface area contributed by atoms with Crippen LogP contribution in [-0.2, 0) is 32.6 Å². The normalized spacial score (nSPS) is 28.8. The third kappa shape index (κ3) is 4.18. The Balaban J connectivity index is 1.20. The molecule has 46 heavy (non-hydrogen) atoms. The van der Waals surface area contributed by atoms with Gasteiger partial charge in [0.1, 0.15) is 6.61 Å². The highest BCUT2D eigenvalue weighted by atomic mass is 16.7. The minimum Gasteiger partial charge on any atom is -0.474 e. The zero-order chi connectivity index (χ0) is 30.9. The summed E-state index contributed by atoms with van der Waals surface area (Å²) in [7, 11) is 0. The molecule has 0 aromatic carbocycles. The van der Waals surface area contributed by atoms with Gasteiger partial charge < -0.3 is 23.5 Å². The van der Waals surface area contributed by atoms with Gasteiger partial charge in [0.2, 0.25) is 17.5 Å². The lowest BCUT2D eigenvalue weighted by Crippen LogP contribution is -2.56. The lowest BCUT2D eigenvalue weighted by Gasteiger charge is -2.50. The molecule has 248 valence electrons. The molecule has 3 aromatic heterocycles. The summed E-state index contributed by atoms with van der Waals surface area (Å²) in [4.78, 5) is 26.9. The van der Waals surface area contributed by atoms with Crippen LogP contribution >= 0.6 is 0 Å². The van der Waals surface area contributed by atoms with Gasteiger partial charge in [0.15, 0.2) is 17.0 Å². The maximum Gasteiger partial charge on any atom is 0.330 e. The largest absolute Gasteiger partial charge is 0.474 e. The number of aromatic nitrogens is 5.